The van der Waals surface area contributed by atoms with Crippen molar-refractivity contribution in [1.82, 2.24) is 20.1 Å². The molecule has 1 aliphatic rings. The Morgan fingerprint density at radius 3 is 2.50 bits per heavy atom. The number of piperidine rings is 1. The lowest BCUT2D eigenvalue weighted by Crippen LogP contribution is -2.38. The van der Waals surface area contributed by atoms with Crippen molar-refractivity contribution < 1.29 is 13.9 Å². The van der Waals surface area contributed by atoms with E-state index >= 15 is 0 Å². The molecule has 0 radical (unpaired) electrons. The molecule has 0 saturated carbocycles. The van der Waals surface area contributed by atoms with Crippen LogP contribution in [0.4, 0.5) is 0 Å². The fraction of sp³-hybridized carbons (Fsp3) is 0.333. The maximum Gasteiger partial charge on any atom is 0.253 e. The molecular weight excluding hydrogens is 356 g/mol. The molecule has 1 fully saturated rings. The molecule has 0 bridgehead atoms. The number of amides is 1. The molecule has 3 aromatic rings. The molecule has 4 rings (SSSR count). The fourth-order valence-corrected chi connectivity index (χ4v) is 3.36. The first-order valence-corrected chi connectivity index (χ1v) is 9.34. The topological polar surface area (TPSA) is 81.4 Å². The Balaban J connectivity index is 1.38. The minimum absolute atomic E-state index is 0.0399. The second-order valence-electron chi connectivity index (χ2n) is 6.93. The third kappa shape index (κ3) is 3.74. The summed E-state index contributed by atoms with van der Waals surface area (Å²) < 4.78 is 11.0. The number of carbonyl (C=O) groups excluding carboxylic acids is 1. The summed E-state index contributed by atoms with van der Waals surface area (Å²) in [5, 5.41) is 8.38. The average molecular weight is 378 g/mol. The van der Waals surface area contributed by atoms with Gasteiger partial charge >= 0.3 is 0 Å². The average Bonchev–Trinajstić information content (AvgIpc) is 3.24. The van der Waals surface area contributed by atoms with Crippen LogP contribution >= 0.6 is 0 Å². The van der Waals surface area contributed by atoms with Crippen LogP contribution in [0.25, 0.3) is 11.5 Å². The zero-order valence-electron chi connectivity index (χ0n) is 16.0. The molecule has 0 N–H and O–H groups in total. The second kappa shape index (κ2) is 7.80. The van der Waals surface area contributed by atoms with Crippen LogP contribution in [0.1, 0.15) is 40.7 Å². The van der Waals surface area contributed by atoms with Gasteiger partial charge in [-0.05, 0) is 56.2 Å². The summed E-state index contributed by atoms with van der Waals surface area (Å²) in [7, 11) is 1.61. The number of ether oxygens (including phenoxy) is 1. The standard InChI is InChI=1S/C21H22N4O3/c1-14-3-4-17(13-22-14)20-24-23-19(28-20)15-9-11-25(12-10-15)21(26)16-5-7-18(27-2)8-6-16/h3-8,13,15H,9-12H2,1-2H3. The highest BCUT2D eigenvalue weighted by Gasteiger charge is 2.28. The first-order valence-electron chi connectivity index (χ1n) is 9.34. The Hall–Kier alpha value is -3.22. The van der Waals surface area contributed by atoms with Gasteiger partial charge in [-0.1, -0.05) is 0 Å². The molecule has 7 nitrogen and oxygen atoms in total. The first kappa shape index (κ1) is 18.2. The SMILES string of the molecule is COc1ccc(C(=O)N2CCC(c3nnc(-c4ccc(C)nc4)o3)CC2)cc1. The van der Waals surface area contributed by atoms with Crippen LogP contribution in [0.2, 0.25) is 0 Å². The van der Waals surface area contributed by atoms with Crippen molar-refractivity contribution in [3.8, 4) is 17.2 Å². The molecule has 1 amide bonds. The molecule has 0 spiro atoms. The minimum Gasteiger partial charge on any atom is -0.497 e. The number of aryl methyl sites for hydroxylation is 1. The summed E-state index contributed by atoms with van der Waals surface area (Å²) in [6, 6.07) is 11.1. The number of aromatic nitrogens is 3. The van der Waals surface area contributed by atoms with E-state index < -0.39 is 0 Å². The predicted molar refractivity (Wildman–Crippen MR) is 103 cm³/mol. The number of hydrogen-bond acceptors (Lipinski definition) is 6. The van der Waals surface area contributed by atoms with Crippen LogP contribution in [0.3, 0.4) is 0 Å². The molecular formula is C21H22N4O3. The summed E-state index contributed by atoms with van der Waals surface area (Å²) >= 11 is 0. The van der Waals surface area contributed by atoms with Crippen LogP contribution in [-0.2, 0) is 0 Å². The monoisotopic (exact) mass is 378 g/mol. The lowest BCUT2D eigenvalue weighted by Gasteiger charge is -2.30. The number of nitrogens with zero attached hydrogens (tertiary/aromatic N) is 4. The van der Waals surface area contributed by atoms with Gasteiger partial charge in [0.25, 0.3) is 5.91 Å². The third-order valence-electron chi connectivity index (χ3n) is 5.07. The van der Waals surface area contributed by atoms with Gasteiger partial charge in [0.05, 0.1) is 12.7 Å². The molecule has 7 heteroatoms. The van der Waals surface area contributed by atoms with Gasteiger partial charge < -0.3 is 14.1 Å². The number of likely N-dealkylation sites (tertiary alicyclic amines) is 1. The van der Waals surface area contributed by atoms with Gasteiger partial charge in [-0.15, -0.1) is 10.2 Å². The third-order valence-corrected chi connectivity index (χ3v) is 5.07. The van der Waals surface area contributed by atoms with Gasteiger partial charge in [0.1, 0.15) is 5.75 Å². The van der Waals surface area contributed by atoms with Crippen molar-refractivity contribution >= 4 is 5.91 Å². The van der Waals surface area contributed by atoms with Crippen molar-refractivity contribution in [2.45, 2.75) is 25.7 Å². The van der Waals surface area contributed by atoms with E-state index in [0.29, 0.717) is 30.4 Å². The van der Waals surface area contributed by atoms with Gasteiger partial charge in [0.2, 0.25) is 11.8 Å². The van der Waals surface area contributed by atoms with Gasteiger partial charge in [-0.2, -0.15) is 0 Å². The number of methoxy groups -OCH3 is 1. The summed E-state index contributed by atoms with van der Waals surface area (Å²) in [5.74, 6) is 2.07. The molecule has 144 valence electrons. The largest absolute Gasteiger partial charge is 0.497 e. The van der Waals surface area contributed by atoms with Gasteiger partial charge in [-0.25, -0.2) is 0 Å². The number of hydrogen-bond donors (Lipinski definition) is 0. The lowest BCUT2D eigenvalue weighted by atomic mass is 9.96. The summed E-state index contributed by atoms with van der Waals surface area (Å²) in [4.78, 5) is 18.8. The molecule has 1 saturated heterocycles. The molecule has 1 aromatic carbocycles. The van der Waals surface area contributed by atoms with Crippen molar-refractivity contribution in [2.75, 3.05) is 20.2 Å². The minimum atomic E-state index is 0.0399. The molecule has 1 aliphatic heterocycles. The smallest absolute Gasteiger partial charge is 0.253 e. The van der Waals surface area contributed by atoms with Crippen molar-refractivity contribution in [3.63, 3.8) is 0 Å². The van der Waals surface area contributed by atoms with Gasteiger partial charge in [0, 0.05) is 36.5 Å². The summed E-state index contributed by atoms with van der Waals surface area (Å²) in [6.07, 6.45) is 3.34. The summed E-state index contributed by atoms with van der Waals surface area (Å²) in [6.45, 7) is 3.27. The van der Waals surface area contributed by atoms with E-state index in [1.165, 1.54) is 0 Å². The highest BCUT2D eigenvalue weighted by molar-refractivity contribution is 5.94. The molecule has 28 heavy (non-hydrogen) atoms. The van der Waals surface area contributed by atoms with E-state index in [1.807, 2.05) is 24.0 Å². The zero-order valence-corrected chi connectivity index (χ0v) is 16.0. The van der Waals surface area contributed by atoms with Crippen LogP contribution in [0, 0.1) is 6.92 Å². The van der Waals surface area contributed by atoms with E-state index in [2.05, 4.69) is 15.2 Å². The maximum absolute atomic E-state index is 12.7. The molecule has 0 aliphatic carbocycles. The highest BCUT2D eigenvalue weighted by Crippen LogP contribution is 2.30. The van der Waals surface area contributed by atoms with Gasteiger partial charge in [0.15, 0.2) is 0 Å². The normalized spacial score (nSPS) is 14.9. The molecule has 0 unspecified atom stereocenters. The molecule has 3 heterocycles. The van der Waals surface area contributed by atoms with Crippen LogP contribution < -0.4 is 4.74 Å². The Bertz CT molecular complexity index is 943. The van der Waals surface area contributed by atoms with Crippen molar-refractivity contribution in [1.29, 1.82) is 0 Å². The fourth-order valence-electron chi connectivity index (χ4n) is 3.36. The number of pyridine rings is 1. The number of benzene rings is 1. The van der Waals surface area contributed by atoms with E-state index in [-0.39, 0.29) is 11.8 Å². The Morgan fingerprint density at radius 2 is 1.86 bits per heavy atom. The Morgan fingerprint density at radius 1 is 1.11 bits per heavy atom. The quantitative estimate of drug-likeness (QED) is 0.691. The first-order chi connectivity index (χ1) is 13.6. The molecule has 2 aromatic heterocycles. The Labute approximate surface area is 163 Å². The second-order valence-corrected chi connectivity index (χ2v) is 6.93. The van der Waals surface area contributed by atoms with Crippen molar-refractivity contribution in [2.24, 2.45) is 0 Å². The molecule has 0 atom stereocenters. The lowest BCUT2D eigenvalue weighted by molar-refractivity contribution is 0.0706. The number of rotatable bonds is 4. The van der Waals surface area contributed by atoms with Crippen LogP contribution in [-0.4, -0.2) is 46.2 Å². The Kier molecular flexibility index (Phi) is 5.06. The van der Waals surface area contributed by atoms with E-state index in [0.717, 1.165) is 29.8 Å². The van der Waals surface area contributed by atoms with Gasteiger partial charge in [-0.3, -0.25) is 9.78 Å². The van der Waals surface area contributed by atoms with Crippen LogP contribution in [0.15, 0.2) is 47.0 Å². The summed E-state index contributed by atoms with van der Waals surface area (Å²) in [5.41, 5.74) is 2.43. The number of carbonyl (C=O) groups is 1. The zero-order chi connectivity index (χ0) is 19.5. The van der Waals surface area contributed by atoms with Crippen LogP contribution in [0.5, 0.6) is 5.75 Å². The maximum atomic E-state index is 12.7. The van der Waals surface area contributed by atoms with E-state index in [1.54, 1.807) is 37.6 Å². The van der Waals surface area contributed by atoms with E-state index in [9.17, 15) is 4.79 Å². The van der Waals surface area contributed by atoms with Crippen molar-refractivity contribution in [3.05, 3.63) is 59.7 Å². The highest BCUT2D eigenvalue weighted by atomic mass is 16.5. The van der Waals surface area contributed by atoms with E-state index in [4.69, 9.17) is 9.15 Å². The predicted octanol–water partition coefficient (Wildman–Crippen LogP) is 3.47.